The second-order valence-electron chi connectivity index (χ2n) is 5.20. The summed E-state index contributed by atoms with van der Waals surface area (Å²) in [6.07, 6.45) is 3.73. The molecular weight excluding hydrogens is 194 g/mol. The molecule has 0 bridgehead atoms. The Kier molecular flexibility index (Phi) is 4.72. The molecule has 1 fully saturated rings. The van der Waals surface area contributed by atoms with Gasteiger partial charge in [-0.1, -0.05) is 13.8 Å². The van der Waals surface area contributed by atoms with Gasteiger partial charge in [0, 0.05) is 24.0 Å². The highest BCUT2D eigenvalue weighted by atomic mass is 35.5. The molecule has 84 valence electrons. The van der Waals surface area contributed by atoms with Gasteiger partial charge in [-0.25, -0.2) is 0 Å². The Morgan fingerprint density at radius 2 is 1.93 bits per heavy atom. The minimum atomic E-state index is 0.376. The molecule has 0 amide bonds. The zero-order valence-corrected chi connectivity index (χ0v) is 10.7. The van der Waals surface area contributed by atoms with E-state index in [4.69, 9.17) is 11.6 Å². The molecule has 0 aliphatic carbocycles. The summed E-state index contributed by atoms with van der Waals surface area (Å²) in [6.45, 7) is 10.3. The monoisotopic (exact) mass is 217 g/mol. The van der Waals surface area contributed by atoms with Crippen molar-refractivity contribution < 1.29 is 0 Å². The fraction of sp³-hybridized carbons (Fsp3) is 1.00. The lowest BCUT2D eigenvalue weighted by Crippen LogP contribution is -2.47. The lowest BCUT2D eigenvalue weighted by Gasteiger charge is -2.40. The van der Waals surface area contributed by atoms with Gasteiger partial charge >= 0.3 is 0 Å². The molecule has 1 saturated heterocycles. The van der Waals surface area contributed by atoms with Crippen molar-refractivity contribution in [3.05, 3.63) is 0 Å². The number of likely N-dealkylation sites (tertiary alicyclic amines) is 1. The number of hydrogen-bond acceptors (Lipinski definition) is 1. The fourth-order valence-corrected chi connectivity index (χ4v) is 2.81. The van der Waals surface area contributed by atoms with E-state index in [1.807, 2.05) is 0 Å². The van der Waals surface area contributed by atoms with Crippen LogP contribution in [-0.4, -0.2) is 28.9 Å². The molecule has 0 aromatic carbocycles. The van der Waals surface area contributed by atoms with Crippen molar-refractivity contribution in [2.45, 2.75) is 64.4 Å². The summed E-state index contributed by atoms with van der Waals surface area (Å²) in [5.74, 6) is 0.785. The molecular formula is C12H24ClN. The Hall–Kier alpha value is 0.250. The molecule has 0 saturated carbocycles. The number of rotatable bonds is 3. The van der Waals surface area contributed by atoms with Gasteiger partial charge in [0.2, 0.25) is 0 Å². The lowest BCUT2D eigenvalue weighted by molar-refractivity contribution is 0.104. The molecule has 3 atom stereocenters. The van der Waals surface area contributed by atoms with Gasteiger partial charge in [0.1, 0.15) is 0 Å². The number of halogens is 1. The number of hydrogen-bond donors (Lipinski definition) is 0. The van der Waals surface area contributed by atoms with Crippen molar-refractivity contribution >= 4 is 11.6 Å². The Labute approximate surface area is 93.8 Å². The maximum atomic E-state index is 6.22. The summed E-state index contributed by atoms with van der Waals surface area (Å²) in [5, 5.41) is 0.376. The smallest absolute Gasteiger partial charge is 0.0464 e. The molecule has 14 heavy (non-hydrogen) atoms. The van der Waals surface area contributed by atoms with E-state index in [2.05, 4.69) is 32.6 Å². The summed E-state index contributed by atoms with van der Waals surface area (Å²) >= 11 is 6.22. The van der Waals surface area contributed by atoms with E-state index in [1.54, 1.807) is 0 Å². The van der Waals surface area contributed by atoms with E-state index in [9.17, 15) is 0 Å². The molecule has 1 nitrogen and oxygen atoms in total. The Morgan fingerprint density at radius 3 is 2.50 bits per heavy atom. The third-order valence-electron chi connectivity index (χ3n) is 3.25. The van der Waals surface area contributed by atoms with Gasteiger partial charge in [0.15, 0.2) is 0 Å². The molecule has 1 aliphatic heterocycles. The van der Waals surface area contributed by atoms with Crippen LogP contribution in [0.5, 0.6) is 0 Å². The van der Waals surface area contributed by atoms with Crippen LogP contribution in [0.3, 0.4) is 0 Å². The lowest BCUT2D eigenvalue weighted by atomic mass is 9.97. The minimum absolute atomic E-state index is 0.376. The number of nitrogens with zero attached hydrogens (tertiary/aromatic N) is 1. The van der Waals surface area contributed by atoms with Gasteiger partial charge in [-0.2, -0.15) is 0 Å². The van der Waals surface area contributed by atoms with Crippen LogP contribution in [0, 0.1) is 5.92 Å². The van der Waals surface area contributed by atoms with Gasteiger partial charge in [-0.3, -0.25) is 4.90 Å². The SMILES string of the molecule is CC(C)CC(C)N1CC(Cl)CCC1C. The standard InChI is InChI=1S/C12H24ClN/c1-9(2)7-11(4)14-8-12(13)6-5-10(14)3/h9-12H,5-8H2,1-4H3. The third kappa shape index (κ3) is 3.43. The Bertz CT molecular complexity index is 170. The average Bonchev–Trinajstić information content (AvgIpc) is 2.08. The van der Waals surface area contributed by atoms with Gasteiger partial charge in [-0.15, -0.1) is 11.6 Å². The summed E-state index contributed by atoms with van der Waals surface area (Å²) < 4.78 is 0. The van der Waals surface area contributed by atoms with Crippen LogP contribution in [0.15, 0.2) is 0 Å². The first-order valence-corrected chi connectivity index (χ1v) is 6.34. The van der Waals surface area contributed by atoms with E-state index < -0.39 is 0 Å². The minimum Gasteiger partial charge on any atom is -0.297 e. The first-order valence-electron chi connectivity index (χ1n) is 5.90. The van der Waals surface area contributed by atoms with Crippen LogP contribution >= 0.6 is 11.6 Å². The molecule has 3 unspecified atom stereocenters. The molecule has 1 aliphatic rings. The third-order valence-corrected chi connectivity index (χ3v) is 3.61. The van der Waals surface area contributed by atoms with E-state index >= 15 is 0 Å². The predicted molar refractivity (Wildman–Crippen MR) is 64.0 cm³/mol. The predicted octanol–water partition coefficient (Wildman–Crippen LogP) is 3.51. The second kappa shape index (κ2) is 5.37. The van der Waals surface area contributed by atoms with Crippen molar-refractivity contribution in [3.63, 3.8) is 0 Å². The van der Waals surface area contributed by atoms with Crippen LogP contribution < -0.4 is 0 Å². The van der Waals surface area contributed by atoms with Crippen LogP contribution in [0.4, 0.5) is 0 Å². The largest absolute Gasteiger partial charge is 0.297 e. The van der Waals surface area contributed by atoms with Gasteiger partial charge in [-0.05, 0) is 39.0 Å². The summed E-state index contributed by atoms with van der Waals surface area (Å²) in [6, 6.07) is 1.41. The van der Waals surface area contributed by atoms with Crippen molar-refractivity contribution in [2.75, 3.05) is 6.54 Å². The highest BCUT2D eigenvalue weighted by Crippen LogP contribution is 2.25. The molecule has 0 radical (unpaired) electrons. The van der Waals surface area contributed by atoms with Crippen LogP contribution in [-0.2, 0) is 0 Å². The molecule has 0 aromatic rings. The fourth-order valence-electron chi connectivity index (χ4n) is 2.52. The molecule has 0 spiro atoms. The maximum Gasteiger partial charge on any atom is 0.0464 e. The topological polar surface area (TPSA) is 3.24 Å². The quantitative estimate of drug-likeness (QED) is 0.654. The Morgan fingerprint density at radius 1 is 1.29 bits per heavy atom. The summed E-state index contributed by atoms with van der Waals surface area (Å²) in [5.41, 5.74) is 0. The van der Waals surface area contributed by atoms with E-state index in [0.29, 0.717) is 11.4 Å². The van der Waals surface area contributed by atoms with Gasteiger partial charge in [0.25, 0.3) is 0 Å². The van der Waals surface area contributed by atoms with Crippen LogP contribution in [0.25, 0.3) is 0 Å². The molecule has 2 heteroatoms. The highest BCUT2D eigenvalue weighted by Gasteiger charge is 2.27. The molecule has 0 N–H and O–H groups in total. The molecule has 0 aromatic heterocycles. The zero-order valence-electron chi connectivity index (χ0n) is 9.96. The van der Waals surface area contributed by atoms with Crippen molar-refractivity contribution in [1.29, 1.82) is 0 Å². The number of piperidine rings is 1. The highest BCUT2D eigenvalue weighted by molar-refractivity contribution is 6.20. The first-order chi connectivity index (χ1) is 6.50. The second-order valence-corrected chi connectivity index (χ2v) is 5.82. The summed E-state index contributed by atoms with van der Waals surface area (Å²) in [7, 11) is 0. The first kappa shape index (κ1) is 12.3. The Balaban J connectivity index is 2.46. The van der Waals surface area contributed by atoms with Crippen LogP contribution in [0.2, 0.25) is 0 Å². The van der Waals surface area contributed by atoms with Crippen molar-refractivity contribution in [1.82, 2.24) is 4.90 Å². The zero-order chi connectivity index (χ0) is 10.7. The van der Waals surface area contributed by atoms with E-state index in [1.165, 1.54) is 19.3 Å². The van der Waals surface area contributed by atoms with E-state index in [0.717, 1.165) is 18.5 Å². The molecule has 1 heterocycles. The van der Waals surface area contributed by atoms with E-state index in [-0.39, 0.29) is 0 Å². The summed E-state index contributed by atoms with van der Waals surface area (Å²) in [4.78, 5) is 2.58. The van der Waals surface area contributed by atoms with Crippen molar-refractivity contribution in [3.8, 4) is 0 Å². The van der Waals surface area contributed by atoms with Gasteiger partial charge in [0.05, 0.1) is 0 Å². The van der Waals surface area contributed by atoms with Crippen molar-refractivity contribution in [2.24, 2.45) is 5.92 Å². The maximum absolute atomic E-state index is 6.22. The van der Waals surface area contributed by atoms with Crippen LogP contribution in [0.1, 0.15) is 47.0 Å². The normalized spacial score (nSPS) is 32.1. The molecule has 1 rings (SSSR count). The number of alkyl halides is 1. The van der Waals surface area contributed by atoms with Gasteiger partial charge < -0.3 is 0 Å². The average molecular weight is 218 g/mol.